The van der Waals surface area contributed by atoms with Gasteiger partial charge in [-0.25, -0.2) is 4.79 Å². The fourth-order valence-corrected chi connectivity index (χ4v) is 2.27. The second-order valence-corrected chi connectivity index (χ2v) is 6.12. The Labute approximate surface area is 146 Å². The summed E-state index contributed by atoms with van der Waals surface area (Å²) in [7, 11) is 0. The van der Waals surface area contributed by atoms with Crippen LogP contribution in [0.1, 0.15) is 35.3 Å². The molecule has 0 spiro atoms. The van der Waals surface area contributed by atoms with E-state index in [0.717, 1.165) is 5.56 Å². The van der Waals surface area contributed by atoms with Crippen molar-refractivity contribution >= 4 is 11.9 Å². The predicted molar refractivity (Wildman–Crippen MR) is 92.8 cm³/mol. The highest BCUT2D eigenvalue weighted by molar-refractivity contribution is 5.98. The average molecular weight is 343 g/mol. The third kappa shape index (κ3) is 4.29. The summed E-state index contributed by atoms with van der Waals surface area (Å²) in [4.78, 5) is 23.1. The van der Waals surface area contributed by atoms with Crippen LogP contribution in [0, 0.1) is 6.92 Å². The first-order valence-electron chi connectivity index (χ1n) is 7.75. The van der Waals surface area contributed by atoms with E-state index in [0.29, 0.717) is 17.9 Å². The van der Waals surface area contributed by atoms with Crippen molar-refractivity contribution in [1.29, 1.82) is 0 Å². The van der Waals surface area contributed by atoms with Gasteiger partial charge in [0.15, 0.2) is 5.60 Å². The van der Waals surface area contributed by atoms with Gasteiger partial charge in [0.1, 0.15) is 18.1 Å². The van der Waals surface area contributed by atoms with Gasteiger partial charge in [-0.1, -0.05) is 30.3 Å². The molecule has 0 fully saturated rings. The van der Waals surface area contributed by atoms with Crippen LogP contribution < -0.4 is 15.2 Å². The lowest BCUT2D eigenvalue weighted by molar-refractivity contribution is -0.152. The zero-order valence-corrected chi connectivity index (χ0v) is 14.4. The number of carboxylic acids is 1. The predicted octanol–water partition coefficient (Wildman–Crippen LogP) is 2.91. The first kappa shape index (κ1) is 18.3. The molecule has 0 aromatic heterocycles. The highest BCUT2D eigenvalue weighted by Crippen LogP contribution is 2.32. The van der Waals surface area contributed by atoms with Crippen molar-refractivity contribution < 1.29 is 24.2 Å². The molecule has 6 heteroatoms. The number of aliphatic carboxylic acids is 1. The minimum Gasteiger partial charge on any atom is -0.489 e. The van der Waals surface area contributed by atoms with Crippen LogP contribution in [-0.2, 0) is 11.4 Å². The lowest BCUT2D eigenvalue weighted by Gasteiger charge is -2.24. The number of carbonyl (C=O) groups excluding carboxylic acids is 1. The number of primary amides is 1. The Kier molecular flexibility index (Phi) is 5.32. The number of nitrogens with two attached hydrogens (primary N) is 1. The van der Waals surface area contributed by atoms with Crippen molar-refractivity contribution in [2.24, 2.45) is 5.73 Å². The van der Waals surface area contributed by atoms with Crippen LogP contribution in [0.25, 0.3) is 0 Å². The molecule has 0 atom stereocenters. The Bertz CT molecular complexity index is 784. The van der Waals surface area contributed by atoms with Gasteiger partial charge in [0.25, 0.3) is 5.91 Å². The summed E-state index contributed by atoms with van der Waals surface area (Å²) < 4.78 is 11.3. The molecule has 2 rings (SSSR count). The summed E-state index contributed by atoms with van der Waals surface area (Å²) in [5.74, 6) is -1.26. The Morgan fingerprint density at radius 3 is 2.24 bits per heavy atom. The van der Waals surface area contributed by atoms with Crippen molar-refractivity contribution in [2.75, 3.05) is 0 Å². The summed E-state index contributed by atoms with van der Waals surface area (Å²) in [6, 6.07) is 12.7. The van der Waals surface area contributed by atoms with Gasteiger partial charge in [-0.05, 0) is 38.5 Å². The van der Waals surface area contributed by atoms with Gasteiger partial charge in [0.05, 0.1) is 5.56 Å². The maximum absolute atomic E-state index is 11.9. The van der Waals surface area contributed by atoms with Crippen molar-refractivity contribution in [3.05, 3.63) is 59.2 Å². The molecule has 0 aliphatic rings. The zero-order chi connectivity index (χ0) is 18.6. The topological polar surface area (TPSA) is 98.8 Å². The summed E-state index contributed by atoms with van der Waals surface area (Å²) in [5, 5.41) is 9.20. The van der Waals surface area contributed by atoms with Gasteiger partial charge >= 0.3 is 5.97 Å². The molecule has 0 unspecified atom stereocenters. The van der Waals surface area contributed by atoms with Crippen molar-refractivity contribution in [3.63, 3.8) is 0 Å². The Hall–Kier alpha value is -3.02. The molecule has 132 valence electrons. The molecule has 0 radical (unpaired) electrons. The second-order valence-electron chi connectivity index (χ2n) is 6.12. The molecule has 2 aromatic carbocycles. The first-order chi connectivity index (χ1) is 11.7. The molecule has 0 aliphatic heterocycles. The monoisotopic (exact) mass is 343 g/mol. The number of hydrogen-bond donors (Lipinski definition) is 2. The van der Waals surface area contributed by atoms with E-state index in [1.54, 1.807) is 13.0 Å². The second kappa shape index (κ2) is 7.25. The van der Waals surface area contributed by atoms with Gasteiger partial charge in [0.2, 0.25) is 0 Å². The highest BCUT2D eigenvalue weighted by atomic mass is 16.5. The number of rotatable bonds is 7. The lowest BCUT2D eigenvalue weighted by atomic mass is 10.0. The Morgan fingerprint density at radius 1 is 1.08 bits per heavy atom. The summed E-state index contributed by atoms with van der Waals surface area (Å²) in [5.41, 5.74) is 5.56. The first-order valence-corrected chi connectivity index (χ1v) is 7.75. The minimum atomic E-state index is -1.50. The molecule has 0 aliphatic carbocycles. The zero-order valence-electron chi connectivity index (χ0n) is 14.4. The smallest absolute Gasteiger partial charge is 0.347 e. The van der Waals surface area contributed by atoms with Crippen LogP contribution in [0.5, 0.6) is 11.5 Å². The van der Waals surface area contributed by atoms with Crippen LogP contribution in [0.2, 0.25) is 0 Å². The Morgan fingerprint density at radius 2 is 1.68 bits per heavy atom. The number of ether oxygens (including phenoxy) is 2. The molecule has 1 amide bonds. The maximum atomic E-state index is 11.9. The number of carboxylic acid groups (broad SMARTS) is 1. The van der Waals surface area contributed by atoms with E-state index in [9.17, 15) is 14.7 Å². The molecular formula is C19H21NO5. The van der Waals surface area contributed by atoms with Gasteiger partial charge in [-0.15, -0.1) is 0 Å². The van der Waals surface area contributed by atoms with E-state index in [4.69, 9.17) is 15.2 Å². The largest absolute Gasteiger partial charge is 0.489 e. The van der Waals surface area contributed by atoms with Gasteiger partial charge in [-0.3, -0.25) is 4.79 Å². The number of carbonyl (C=O) groups is 2. The van der Waals surface area contributed by atoms with Crippen LogP contribution in [-0.4, -0.2) is 22.6 Å². The summed E-state index contributed by atoms with van der Waals surface area (Å²) in [6.07, 6.45) is 0. The molecule has 0 saturated carbocycles. The standard InChI is InChI=1S/C19H21NO5/c1-12-14(24-11-13-7-5-4-6-8-13)9-10-15(16(12)17(20)21)25-19(2,3)18(22)23/h4-10H,11H2,1-3H3,(H2,20,21)(H,22,23). The molecule has 25 heavy (non-hydrogen) atoms. The van der Waals surface area contributed by atoms with Crippen molar-refractivity contribution in [3.8, 4) is 11.5 Å². The molecule has 0 heterocycles. The maximum Gasteiger partial charge on any atom is 0.347 e. The Balaban J connectivity index is 2.31. The summed E-state index contributed by atoms with van der Waals surface area (Å²) >= 11 is 0. The lowest BCUT2D eigenvalue weighted by Crippen LogP contribution is -2.38. The van der Waals surface area contributed by atoms with Gasteiger partial charge < -0.3 is 20.3 Å². The molecule has 3 N–H and O–H groups in total. The summed E-state index contributed by atoms with van der Waals surface area (Å²) in [6.45, 7) is 4.81. The van der Waals surface area contributed by atoms with Crippen molar-refractivity contribution in [2.45, 2.75) is 33.0 Å². The average Bonchev–Trinajstić information content (AvgIpc) is 2.54. The fourth-order valence-electron chi connectivity index (χ4n) is 2.27. The highest BCUT2D eigenvalue weighted by Gasteiger charge is 2.31. The van der Waals surface area contributed by atoms with Crippen molar-refractivity contribution in [1.82, 2.24) is 0 Å². The quantitative estimate of drug-likeness (QED) is 0.805. The van der Waals surface area contributed by atoms with E-state index in [1.165, 1.54) is 19.9 Å². The third-order valence-electron chi connectivity index (χ3n) is 3.74. The third-order valence-corrected chi connectivity index (χ3v) is 3.74. The van der Waals surface area contributed by atoms with Gasteiger partial charge in [0, 0.05) is 5.56 Å². The van der Waals surface area contributed by atoms with Crippen LogP contribution in [0.15, 0.2) is 42.5 Å². The number of amides is 1. The molecular weight excluding hydrogens is 322 g/mol. The van der Waals surface area contributed by atoms with Crippen LogP contribution >= 0.6 is 0 Å². The van der Waals surface area contributed by atoms with E-state index >= 15 is 0 Å². The van der Waals surface area contributed by atoms with E-state index in [2.05, 4.69) is 0 Å². The number of benzene rings is 2. The van der Waals surface area contributed by atoms with E-state index < -0.39 is 17.5 Å². The van der Waals surface area contributed by atoms with E-state index in [1.807, 2.05) is 30.3 Å². The molecule has 0 bridgehead atoms. The van der Waals surface area contributed by atoms with Crippen LogP contribution in [0.3, 0.4) is 0 Å². The molecule has 2 aromatic rings. The SMILES string of the molecule is Cc1c(OCc2ccccc2)ccc(OC(C)(C)C(=O)O)c1C(N)=O. The van der Waals surface area contributed by atoms with Crippen LogP contribution in [0.4, 0.5) is 0 Å². The minimum absolute atomic E-state index is 0.111. The molecule has 6 nitrogen and oxygen atoms in total. The molecule has 0 saturated heterocycles. The number of hydrogen-bond acceptors (Lipinski definition) is 4. The van der Waals surface area contributed by atoms with E-state index in [-0.39, 0.29) is 11.3 Å². The fraction of sp³-hybridized carbons (Fsp3) is 0.263. The van der Waals surface area contributed by atoms with Gasteiger partial charge in [-0.2, -0.15) is 0 Å². The normalized spacial score (nSPS) is 11.0.